The lowest BCUT2D eigenvalue weighted by Crippen LogP contribution is -2.32. The van der Waals surface area contributed by atoms with E-state index in [9.17, 15) is 4.79 Å². The third-order valence-electron chi connectivity index (χ3n) is 3.20. The monoisotopic (exact) mass is 328 g/mol. The second-order valence-electron chi connectivity index (χ2n) is 4.62. The largest absolute Gasteiger partial charge is 0.374 e. The fourth-order valence-corrected chi connectivity index (χ4v) is 2.78. The van der Waals surface area contributed by atoms with Crippen LogP contribution in [0.4, 0.5) is 0 Å². The number of nitriles is 2. The van der Waals surface area contributed by atoms with E-state index in [1.807, 2.05) is 56.3 Å². The number of allylic oxidation sites excluding steroid dienone is 1. The molecule has 0 aliphatic rings. The van der Waals surface area contributed by atoms with Crippen LogP contribution >= 0.6 is 11.8 Å². The first kappa shape index (κ1) is 18.6. The molecule has 1 rings (SSSR count). The molecule has 0 bridgehead atoms. The topological polar surface area (TPSA) is 79.9 Å². The Bertz CT molecular complexity index is 608. The summed E-state index contributed by atoms with van der Waals surface area (Å²) < 4.78 is 0. The van der Waals surface area contributed by atoms with Crippen LogP contribution in [0.3, 0.4) is 0 Å². The molecule has 0 saturated heterocycles. The van der Waals surface area contributed by atoms with Crippen molar-refractivity contribution in [2.75, 3.05) is 18.8 Å². The quantitative estimate of drug-likeness (QED) is 0.742. The van der Waals surface area contributed by atoms with Gasteiger partial charge in [-0.1, -0.05) is 42.1 Å². The molecule has 0 aliphatic heterocycles. The predicted octanol–water partition coefficient (Wildman–Crippen LogP) is 2.64. The molecule has 0 radical (unpaired) electrons. The van der Waals surface area contributed by atoms with Crippen molar-refractivity contribution in [1.29, 1.82) is 10.5 Å². The number of carbonyl (C=O) groups is 1. The van der Waals surface area contributed by atoms with Gasteiger partial charge in [-0.25, -0.2) is 0 Å². The Morgan fingerprint density at radius 1 is 1.17 bits per heavy atom. The van der Waals surface area contributed by atoms with Crippen molar-refractivity contribution in [2.24, 2.45) is 0 Å². The first-order chi connectivity index (χ1) is 11.2. The predicted molar refractivity (Wildman–Crippen MR) is 91.9 cm³/mol. The Labute approximate surface area is 141 Å². The van der Waals surface area contributed by atoms with Crippen LogP contribution in [0.1, 0.15) is 19.4 Å². The van der Waals surface area contributed by atoms with Gasteiger partial charge in [-0.2, -0.15) is 10.5 Å². The number of nitrogens with zero attached hydrogens (tertiary/aromatic N) is 3. The number of amides is 1. The van der Waals surface area contributed by atoms with Gasteiger partial charge in [0.2, 0.25) is 5.91 Å². The minimum atomic E-state index is -0.00533. The van der Waals surface area contributed by atoms with E-state index in [1.165, 1.54) is 11.8 Å². The summed E-state index contributed by atoms with van der Waals surface area (Å²) in [5, 5.41) is 21.7. The second-order valence-corrected chi connectivity index (χ2v) is 5.61. The van der Waals surface area contributed by atoms with Crippen molar-refractivity contribution in [1.82, 2.24) is 10.2 Å². The summed E-state index contributed by atoms with van der Waals surface area (Å²) in [6.07, 6.45) is 0. The number of hydrogen-bond donors (Lipinski definition) is 1. The molecule has 0 fully saturated rings. The molecule has 5 nitrogen and oxygen atoms in total. The van der Waals surface area contributed by atoms with Gasteiger partial charge >= 0.3 is 0 Å². The molecule has 1 amide bonds. The number of carbonyl (C=O) groups excluding carboxylic acids is 1. The molecule has 0 spiro atoms. The van der Waals surface area contributed by atoms with Crippen molar-refractivity contribution in [3.8, 4) is 12.1 Å². The molecule has 0 unspecified atom stereocenters. The average Bonchev–Trinajstić information content (AvgIpc) is 2.59. The fourth-order valence-electron chi connectivity index (χ4n) is 1.92. The molecule has 1 N–H and O–H groups in total. The first-order valence-corrected chi connectivity index (χ1v) is 8.37. The normalized spacial score (nSPS) is 9.39. The summed E-state index contributed by atoms with van der Waals surface area (Å²) in [7, 11) is 0. The van der Waals surface area contributed by atoms with Crippen LogP contribution < -0.4 is 5.32 Å². The van der Waals surface area contributed by atoms with Crippen molar-refractivity contribution < 1.29 is 4.79 Å². The fraction of sp³-hybridized carbons (Fsp3) is 0.353. The summed E-state index contributed by atoms with van der Waals surface area (Å²) in [5.41, 5.74) is 1.04. The zero-order valence-corrected chi connectivity index (χ0v) is 14.2. The van der Waals surface area contributed by atoms with Crippen LogP contribution in [0.15, 0.2) is 40.9 Å². The number of hydrogen-bond acceptors (Lipinski definition) is 5. The van der Waals surface area contributed by atoms with Gasteiger partial charge in [0.1, 0.15) is 12.1 Å². The molecule has 120 valence electrons. The van der Waals surface area contributed by atoms with Crippen molar-refractivity contribution >= 4 is 17.7 Å². The lowest BCUT2D eigenvalue weighted by molar-refractivity contribution is -0.127. The zero-order valence-electron chi connectivity index (χ0n) is 13.4. The number of benzene rings is 1. The Morgan fingerprint density at radius 2 is 1.78 bits per heavy atom. The lowest BCUT2D eigenvalue weighted by Gasteiger charge is -2.19. The van der Waals surface area contributed by atoms with Gasteiger partial charge in [-0.05, 0) is 19.4 Å². The summed E-state index contributed by atoms with van der Waals surface area (Å²) in [6.45, 7) is 5.64. The van der Waals surface area contributed by atoms with Crippen molar-refractivity contribution in [3.63, 3.8) is 0 Å². The van der Waals surface area contributed by atoms with Crippen molar-refractivity contribution in [2.45, 2.75) is 20.4 Å². The van der Waals surface area contributed by atoms with Crippen LogP contribution in [-0.4, -0.2) is 29.6 Å². The van der Waals surface area contributed by atoms with E-state index in [1.54, 1.807) is 4.90 Å². The van der Waals surface area contributed by atoms with E-state index in [2.05, 4.69) is 5.32 Å². The van der Waals surface area contributed by atoms with Gasteiger partial charge < -0.3 is 10.2 Å². The van der Waals surface area contributed by atoms with Gasteiger partial charge in [0.15, 0.2) is 5.57 Å². The van der Waals surface area contributed by atoms with E-state index in [4.69, 9.17) is 10.5 Å². The van der Waals surface area contributed by atoms with Gasteiger partial charge in [-0.15, -0.1) is 0 Å². The molecule has 1 aromatic rings. The summed E-state index contributed by atoms with van der Waals surface area (Å²) in [6, 6.07) is 13.4. The summed E-state index contributed by atoms with van der Waals surface area (Å²) in [5.74, 6) is 0.195. The van der Waals surface area contributed by atoms with Crippen LogP contribution in [0.2, 0.25) is 0 Å². The summed E-state index contributed by atoms with van der Waals surface area (Å²) >= 11 is 1.20. The van der Waals surface area contributed by atoms with E-state index in [-0.39, 0.29) is 17.2 Å². The molecule has 0 saturated carbocycles. The highest BCUT2D eigenvalue weighted by Gasteiger charge is 2.13. The maximum atomic E-state index is 12.1. The Balaban J connectivity index is 2.76. The highest BCUT2D eigenvalue weighted by Crippen LogP contribution is 2.18. The zero-order chi connectivity index (χ0) is 17.1. The Morgan fingerprint density at radius 3 is 2.30 bits per heavy atom. The first-order valence-electron chi connectivity index (χ1n) is 7.39. The maximum absolute atomic E-state index is 12.1. The van der Waals surface area contributed by atoms with Gasteiger partial charge in [0.25, 0.3) is 0 Å². The minimum Gasteiger partial charge on any atom is -0.374 e. The molecular formula is C17H20N4OS. The van der Waals surface area contributed by atoms with E-state index in [0.29, 0.717) is 24.7 Å². The third kappa shape index (κ3) is 6.06. The van der Waals surface area contributed by atoms with Gasteiger partial charge in [0.05, 0.1) is 10.8 Å². The number of nitrogens with one attached hydrogen (secondary N) is 1. The average molecular weight is 328 g/mol. The third-order valence-corrected chi connectivity index (χ3v) is 4.23. The standard InChI is InChI=1S/C17H20N4OS/c1-3-21(4-2)16(22)13-23-17(15(10-18)11-19)20-12-14-8-6-5-7-9-14/h5-9,20H,3-4,12-13H2,1-2H3. The van der Waals surface area contributed by atoms with Gasteiger partial charge in [-0.3, -0.25) is 4.79 Å². The second kappa shape index (κ2) is 10.3. The van der Waals surface area contributed by atoms with Crippen LogP contribution in [0.5, 0.6) is 0 Å². The van der Waals surface area contributed by atoms with E-state index in [0.717, 1.165) is 5.56 Å². The SMILES string of the molecule is CCN(CC)C(=O)CSC(NCc1ccccc1)=C(C#N)C#N. The molecule has 1 aromatic carbocycles. The maximum Gasteiger partial charge on any atom is 0.232 e. The Hall–Kier alpha value is -2.44. The van der Waals surface area contributed by atoms with E-state index < -0.39 is 0 Å². The highest BCUT2D eigenvalue weighted by molar-refractivity contribution is 8.03. The number of thioether (sulfide) groups is 1. The number of rotatable bonds is 8. The molecule has 0 aliphatic carbocycles. The highest BCUT2D eigenvalue weighted by atomic mass is 32.2. The molecule has 0 atom stereocenters. The molecule has 23 heavy (non-hydrogen) atoms. The van der Waals surface area contributed by atoms with Crippen LogP contribution in [0.25, 0.3) is 0 Å². The van der Waals surface area contributed by atoms with Crippen LogP contribution in [-0.2, 0) is 11.3 Å². The molecule has 0 heterocycles. The lowest BCUT2D eigenvalue weighted by atomic mass is 10.2. The smallest absolute Gasteiger partial charge is 0.232 e. The van der Waals surface area contributed by atoms with Crippen molar-refractivity contribution in [3.05, 3.63) is 46.5 Å². The van der Waals surface area contributed by atoms with Gasteiger partial charge in [0, 0.05) is 19.6 Å². The molecule has 6 heteroatoms. The minimum absolute atomic E-state index is 0.00159. The van der Waals surface area contributed by atoms with E-state index >= 15 is 0 Å². The molecule has 0 aromatic heterocycles. The van der Waals surface area contributed by atoms with Crippen LogP contribution in [0, 0.1) is 22.7 Å². The Kier molecular flexibility index (Phi) is 8.34. The summed E-state index contributed by atoms with van der Waals surface area (Å²) in [4.78, 5) is 13.8. The molecular weight excluding hydrogens is 308 g/mol.